The van der Waals surface area contributed by atoms with Crippen molar-refractivity contribution in [1.82, 2.24) is 5.32 Å². The average molecular weight is 480 g/mol. The van der Waals surface area contributed by atoms with Crippen LogP contribution >= 0.6 is 11.6 Å². The molecule has 178 valence electrons. The number of benzene rings is 2. The molecule has 2 heterocycles. The Morgan fingerprint density at radius 3 is 2.55 bits per heavy atom. The Bertz CT molecular complexity index is 993. The molecule has 1 N–H and O–H groups in total. The third-order valence-electron chi connectivity index (χ3n) is 6.59. The molecule has 0 spiro atoms. The molecule has 2 unspecified atom stereocenters. The summed E-state index contributed by atoms with van der Waals surface area (Å²) in [6, 6.07) is 11.4. The maximum absolute atomic E-state index is 13.3. The zero-order valence-electron chi connectivity index (χ0n) is 18.8. The molecule has 1 saturated heterocycles. The minimum Gasteiger partial charge on any atom is -0.368 e. The molecule has 1 amide bonds. The van der Waals surface area contributed by atoms with E-state index in [1.165, 1.54) is 6.07 Å². The first kappa shape index (κ1) is 23.7. The van der Waals surface area contributed by atoms with Gasteiger partial charge in [0.2, 0.25) is 5.91 Å². The Hall–Kier alpha value is -2.41. The lowest BCUT2D eigenvalue weighted by atomic mass is 9.82. The highest BCUT2D eigenvalue weighted by molar-refractivity contribution is 6.30. The number of halogens is 4. The number of anilines is 2. The highest BCUT2D eigenvalue weighted by Gasteiger charge is 2.42. The van der Waals surface area contributed by atoms with Crippen LogP contribution in [-0.4, -0.2) is 38.1 Å². The van der Waals surface area contributed by atoms with E-state index < -0.39 is 17.7 Å². The molecule has 0 aromatic heterocycles. The molecule has 2 atom stereocenters. The van der Waals surface area contributed by atoms with Crippen LogP contribution in [0.4, 0.5) is 24.5 Å². The van der Waals surface area contributed by atoms with Crippen molar-refractivity contribution in [3.63, 3.8) is 0 Å². The summed E-state index contributed by atoms with van der Waals surface area (Å²) in [7, 11) is 0. The molecule has 8 heteroatoms. The van der Waals surface area contributed by atoms with Crippen LogP contribution in [0.25, 0.3) is 0 Å². The first-order valence-corrected chi connectivity index (χ1v) is 11.8. The maximum Gasteiger partial charge on any atom is 0.416 e. The topological polar surface area (TPSA) is 35.6 Å². The van der Waals surface area contributed by atoms with Gasteiger partial charge in [-0.3, -0.25) is 4.79 Å². The van der Waals surface area contributed by atoms with E-state index in [9.17, 15) is 18.0 Å². The molecule has 0 bridgehead atoms. The van der Waals surface area contributed by atoms with E-state index in [1.807, 2.05) is 24.3 Å². The SMILES string of the molecule is CC(C)CCNC(=O)C1Cc2cc(C(F)(F)F)ccc2N2CCN(c3ccc(Cl)cc3)CC12. The number of amides is 1. The van der Waals surface area contributed by atoms with Crippen LogP contribution in [0.3, 0.4) is 0 Å². The van der Waals surface area contributed by atoms with E-state index in [2.05, 4.69) is 29.0 Å². The normalized spacial score (nSPS) is 20.5. The largest absolute Gasteiger partial charge is 0.416 e. The van der Waals surface area contributed by atoms with Crippen molar-refractivity contribution in [3.05, 3.63) is 58.6 Å². The number of hydrogen-bond donors (Lipinski definition) is 1. The van der Waals surface area contributed by atoms with Gasteiger partial charge in [0, 0.05) is 42.6 Å². The minimum atomic E-state index is -4.41. The molecule has 0 saturated carbocycles. The molecule has 2 aliphatic heterocycles. The van der Waals surface area contributed by atoms with Crippen molar-refractivity contribution in [1.29, 1.82) is 0 Å². The zero-order chi connectivity index (χ0) is 23.8. The van der Waals surface area contributed by atoms with Crippen molar-refractivity contribution < 1.29 is 18.0 Å². The van der Waals surface area contributed by atoms with Gasteiger partial charge in [0.05, 0.1) is 17.5 Å². The summed E-state index contributed by atoms with van der Waals surface area (Å²) in [6.07, 6.45) is -3.25. The van der Waals surface area contributed by atoms with Crippen LogP contribution < -0.4 is 15.1 Å². The third kappa shape index (κ3) is 5.24. The molecule has 0 aliphatic carbocycles. The predicted molar refractivity (Wildman–Crippen MR) is 126 cm³/mol. The summed E-state index contributed by atoms with van der Waals surface area (Å²) >= 11 is 6.04. The number of alkyl halides is 3. The minimum absolute atomic E-state index is 0.0910. The Morgan fingerprint density at radius 1 is 1.15 bits per heavy atom. The van der Waals surface area contributed by atoms with Crippen molar-refractivity contribution in [2.24, 2.45) is 11.8 Å². The summed E-state index contributed by atoms with van der Waals surface area (Å²) < 4.78 is 40.0. The Kier molecular flexibility index (Phi) is 6.80. The van der Waals surface area contributed by atoms with Gasteiger partial charge in [-0.25, -0.2) is 0 Å². The van der Waals surface area contributed by atoms with Crippen LogP contribution in [0.1, 0.15) is 31.4 Å². The number of hydrogen-bond acceptors (Lipinski definition) is 3. The van der Waals surface area contributed by atoms with Crippen LogP contribution in [0, 0.1) is 11.8 Å². The van der Waals surface area contributed by atoms with Gasteiger partial charge in [-0.05, 0) is 66.8 Å². The summed E-state index contributed by atoms with van der Waals surface area (Å²) in [5, 5.41) is 3.69. The fourth-order valence-corrected chi connectivity index (χ4v) is 4.93. The van der Waals surface area contributed by atoms with Gasteiger partial charge in [0.1, 0.15) is 0 Å². The van der Waals surface area contributed by atoms with Crippen molar-refractivity contribution in [2.45, 2.75) is 38.9 Å². The molecular weight excluding hydrogens is 451 g/mol. The number of carbonyl (C=O) groups excluding carboxylic acids is 1. The molecule has 0 radical (unpaired) electrons. The van der Waals surface area contributed by atoms with Gasteiger partial charge in [-0.15, -0.1) is 0 Å². The van der Waals surface area contributed by atoms with Crippen LogP contribution in [0.2, 0.25) is 5.02 Å². The Balaban J connectivity index is 1.63. The van der Waals surface area contributed by atoms with E-state index in [4.69, 9.17) is 11.6 Å². The number of piperazine rings is 1. The summed E-state index contributed by atoms with van der Waals surface area (Å²) in [6.45, 7) is 6.70. The third-order valence-corrected chi connectivity index (χ3v) is 6.84. The second-order valence-corrected chi connectivity index (χ2v) is 9.75. The molecule has 1 fully saturated rings. The monoisotopic (exact) mass is 479 g/mol. The molecule has 2 aliphatic rings. The zero-order valence-corrected chi connectivity index (χ0v) is 19.6. The lowest BCUT2D eigenvalue weighted by molar-refractivity contribution is -0.137. The Labute approximate surface area is 197 Å². The van der Waals surface area contributed by atoms with E-state index in [1.54, 1.807) is 6.07 Å². The van der Waals surface area contributed by atoms with Crippen LogP contribution in [0.15, 0.2) is 42.5 Å². The van der Waals surface area contributed by atoms with Crippen molar-refractivity contribution in [3.8, 4) is 0 Å². The second-order valence-electron chi connectivity index (χ2n) is 9.31. The average Bonchev–Trinajstić information content (AvgIpc) is 2.77. The fourth-order valence-electron chi connectivity index (χ4n) is 4.80. The van der Waals surface area contributed by atoms with Crippen molar-refractivity contribution in [2.75, 3.05) is 36.0 Å². The quantitative estimate of drug-likeness (QED) is 0.624. The molecule has 4 rings (SSSR count). The van der Waals surface area contributed by atoms with Gasteiger partial charge >= 0.3 is 6.18 Å². The number of nitrogens with zero attached hydrogens (tertiary/aromatic N) is 2. The maximum atomic E-state index is 13.3. The fraction of sp³-hybridized carbons (Fsp3) is 0.480. The summed E-state index contributed by atoms with van der Waals surface area (Å²) in [5.74, 6) is -0.0618. The summed E-state index contributed by atoms with van der Waals surface area (Å²) in [5.41, 5.74) is 1.75. The molecule has 33 heavy (non-hydrogen) atoms. The molecule has 2 aromatic rings. The molecule has 2 aromatic carbocycles. The number of nitrogens with one attached hydrogen (secondary N) is 1. The first-order valence-electron chi connectivity index (χ1n) is 11.4. The van der Waals surface area contributed by atoms with E-state index in [0.717, 1.165) is 23.9 Å². The van der Waals surface area contributed by atoms with Crippen LogP contribution in [0.5, 0.6) is 0 Å². The first-order chi connectivity index (χ1) is 15.6. The predicted octanol–water partition coefficient (Wildman–Crippen LogP) is 5.39. The lowest BCUT2D eigenvalue weighted by Gasteiger charge is -2.49. The highest BCUT2D eigenvalue weighted by atomic mass is 35.5. The van der Waals surface area contributed by atoms with E-state index >= 15 is 0 Å². The van der Waals surface area contributed by atoms with E-state index in [-0.39, 0.29) is 11.9 Å². The number of carbonyl (C=O) groups is 1. The Morgan fingerprint density at radius 2 is 1.88 bits per heavy atom. The van der Waals surface area contributed by atoms with Gasteiger partial charge in [0.15, 0.2) is 0 Å². The van der Waals surface area contributed by atoms with Gasteiger partial charge in [-0.1, -0.05) is 25.4 Å². The number of rotatable bonds is 5. The van der Waals surface area contributed by atoms with Crippen LogP contribution in [-0.2, 0) is 17.4 Å². The highest BCUT2D eigenvalue weighted by Crippen LogP contribution is 2.40. The van der Waals surface area contributed by atoms with Gasteiger partial charge < -0.3 is 15.1 Å². The van der Waals surface area contributed by atoms with Gasteiger partial charge in [-0.2, -0.15) is 13.2 Å². The smallest absolute Gasteiger partial charge is 0.368 e. The van der Waals surface area contributed by atoms with E-state index in [0.29, 0.717) is 49.1 Å². The van der Waals surface area contributed by atoms with Crippen molar-refractivity contribution >= 4 is 28.9 Å². The van der Waals surface area contributed by atoms with Gasteiger partial charge in [0.25, 0.3) is 0 Å². The second kappa shape index (κ2) is 9.45. The molecule has 4 nitrogen and oxygen atoms in total. The summed E-state index contributed by atoms with van der Waals surface area (Å²) in [4.78, 5) is 17.6. The molecular formula is C25H29ClF3N3O. The standard InChI is InChI=1S/C25H29ClF3N3O/c1-16(2)9-10-30-24(33)21-14-17-13-18(25(27,28)29)3-8-22(17)32-12-11-31(15-23(21)32)20-6-4-19(26)5-7-20/h3-8,13,16,21,23H,9-12,14-15H2,1-2H3,(H,30,33). The number of fused-ring (bicyclic) bond motifs is 3. The lowest BCUT2D eigenvalue weighted by Crippen LogP contribution is -2.61.